The third-order valence-corrected chi connectivity index (χ3v) is 10.9. The molecule has 1 aliphatic heterocycles. The van der Waals surface area contributed by atoms with E-state index in [2.05, 4.69) is 64.7 Å². The van der Waals surface area contributed by atoms with E-state index >= 15 is 0 Å². The first-order chi connectivity index (χ1) is 27.3. The molecule has 11 heteroatoms. The van der Waals surface area contributed by atoms with E-state index < -0.39 is 46.9 Å². The van der Waals surface area contributed by atoms with Gasteiger partial charge in [0.1, 0.15) is 17.6 Å². The van der Waals surface area contributed by atoms with E-state index in [0.717, 1.165) is 33.5 Å². The topological polar surface area (TPSA) is 160 Å². The number of rotatable bonds is 15. The first-order valence-electron chi connectivity index (χ1n) is 19.4. The number of hydrogen-bond donors (Lipinski definition) is 4. The molecule has 1 aromatic heterocycles. The summed E-state index contributed by atoms with van der Waals surface area (Å²) in [4.78, 5) is 58.6. The Bertz CT molecular complexity index is 2070. The Hall–Kier alpha value is -6.07. The van der Waals surface area contributed by atoms with Gasteiger partial charge in [-0.05, 0) is 39.7 Å². The summed E-state index contributed by atoms with van der Waals surface area (Å²) in [7, 11) is 0. The van der Waals surface area contributed by atoms with Crippen LogP contribution < -0.4 is 16.4 Å². The van der Waals surface area contributed by atoms with Gasteiger partial charge in [0.2, 0.25) is 17.7 Å². The summed E-state index contributed by atoms with van der Waals surface area (Å²) in [6.07, 6.45) is 3.83. The van der Waals surface area contributed by atoms with E-state index in [1.807, 2.05) is 106 Å². The first-order valence-corrected chi connectivity index (χ1v) is 19.4. The Morgan fingerprint density at radius 1 is 0.825 bits per heavy atom. The highest BCUT2D eigenvalue weighted by Crippen LogP contribution is 2.41. The molecule has 5 N–H and O–H groups in total. The van der Waals surface area contributed by atoms with Gasteiger partial charge in [-0.15, -0.1) is 0 Å². The highest BCUT2D eigenvalue weighted by atomic mass is 16.4. The van der Waals surface area contributed by atoms with E-state index in [1.54, 1.807) is 4.90 Å². The van der Waals surface area contributed by atoms with Crippen LogP contribution in [-0.4, -0.2) is 67.9 Å². The van der Waals surface area contributed by atoms with Gasteiger partial charge in [0.25, 0.3) is 0 Å². The minimum Gasteiger partial charge on any atom is -0.480 e. The molecule has 1 aliphatic rings. The number of carbonyl (C=O) groups is 4. The number of imidazole rings is 1. The number of nitrogens with two attached hydrogens (primary N) is 1. The summed E-state index contributed by atoms with van der Waals surface area (Å²) in [5, 5.41) is 16.0. The van der Waals surface area contributed by atoms with Crippen molar-refractivity contribution < 1.29 is 24.3 Å². The molecule has 6 rings (SSSR count). The Balaban J connectivity index is 1.28. The average Bonchev–Trinajstić information content (AvgIpc) is 3.70. The standard InChI is InChI=1S/C46H52N6O5/c1-31(38-29-51(30-49-38)46(34-18-8-5-9-19-34,35-20-10-6-11-21-35)36-22-12-7-13-23-36)27-48-41(45(2,3)4)43(55)52-28-33-17-15-14-16-32(33)26-39(52)42(54)50-37(44(56)57)24-25-40(47)53/h5-23,29-31,37,39,41,48H,24-28H2,1-4H3,(H2,47,53)(H,50,54)(H,56,57)/t31?,37-,39?,41+/m0/s1. The van der Waals surface area contributed by atoms with Gasteiger partial charge in [0.15, 0.2) is 0 Å². The van der Waals surface area contributed by atoms with E-state index in [-0.39, 0.29) is 37.6 Å². The Labute approximate surface area is 334 Å². The fourth-order valence-electron chi connectivity index (χ4n) is 7.89. The molecule has 0 saturated heterocycles. The van der Waals surface area contributed by atoms with Crippen molar-refractivity contribution in [1.82, 2.24) is 25.1 Å². The lowest BCUT2D eigenvalue weighted by atomic mass is 9.76. The van der Waals surface area contributed by atoms with Gasteiger partial charge in [0, 0.05) is 38.0 Å². The first kappa shape index (κ1) is 40.6. The summed E-state index contributed by atoms with van der Waals surface area (Å²) in [5.74, 6) is -2.93. The van der Waals surface area contributed by atoms with Crippen LogP contribution in [0, 0.1) is 5.41 Å². The number of amides is 3. The van der Waals surface area contributed by atoms with Crippen molar-refractivity contribution >= 4 is 23.7 Å². The SMILES string of the molecule is CC(CN[C@H](C(=O)N1Cc2ccccc2CC1C(=O)N[C@@H](CCC(N)=O)C(=O)O)C(C)(C)C)c1cn(C(c2ccccc2)(c2ccccc2)c2ccccc2)cn1. The molecule has 0 radical (unpaired) electrons. The molecule has 0 fully saturated rings. The Kier molecular flexibility index (Phi) is 12.4. The maximum Gasteiger partial charge on any atom is 0.326 e. The van der Waals surface area contributed by atoms with Crippen LogP contribution in [0.4, 0.5) is 0 Å². The average molecular weight is 769 g/mol. The number of nitrogens with zero attached hydrogens (tertiary/aromatic N) is 3. The van der Waals surface area contributed by atoms with Crippen molar-refractivity contribution in [1.29, 1.82) is 0 Å². The van der Waals surface area contributed by atoms with Gasteiger partial charge in [-0.25, -0.2) is 9.78 Å². The van der Waals surface area contributed by atoms with Crippen molar-refractivity contribution in [2.45, 2.75) is 83.1 Å². The van der Waals surface area contributed by atoms with Gasteiger partial charge in [-0.2, -0.15) is 0 Å². The van der Waals surface area contributed by atoms with Crippen molar-refractivity contribution in [2.75, 3.05) is 6.54 Å². The van der Waals surface area contributed by atoms with Crippen LogP contribution in [0.25, 0.3) is 0 Å². The molecule has 296 valence electrons. The van der Waals surface area contributed by atoms with E-state index in [1.165, 1.54) is 0 Å². The lowest BCUT2D eigenvalue weighted by molar-refractivity contribution is -0.147. The zero-order valence-corrected chi connectivity index (χ0v) is 33.0. The molecule has 4 atom stereocenters. The summed E-state index contributed by atoms with van der Waals surface area (Å²) < 4.78 is 2.17. The molecule has 57 heavy (non-hydrogen) atoms. The molecular weight excluding hydrogens is 717 g/mol. The van der Waals surface area contributed by atoms with E-state index in [4.69, 9.17) is 10.7 Å². The van der Waals surface area contributed by atoms with E-state index in [0.29, 0.717) is 6.54 Å². The van der Waals surface area contributed by atoms with Crippen molar-refractivity contribution in [2.24, 2.45) is 11.1 Å². The molecule has 0 aliphatic carbocycles. The third kappa shape index (κ3) is 8.84. The number of aliphatic carboxylic acids is 1. The molecule has 0 spiro atoms. The van der Waals surface area contributed by atoms with Crippen LogP contribution in [0.15, 0.2) is 128 Å². The minimum atomic E-state index is -1.33. The molecule has 2 unspecified atom stereocenters. The third-order valence-electron chi connectivity index (χ3n) is 10.9. The monoisotopic (exact) mass is 768 g/mol. The molecule has 0 bridgehead atoms. The number of aromatic nitrogens is 2. The maximum absolute atomic E-state index is 14.7. The summed E-state index contributed by atoms with van der Waals surface area (Å²) in [6.45, 7) is 8.61. The van der Waals surface area contributed by atoms with Gasteiger partial charge < -0.3 is 30.9 Å². The number of fused-ring (bicyclic) bond motifs is 1. The second-order valence-corrected chi connectivity index (χ2v) is 16.0. The van der Waals surface area contributed by atoms with Crippen LogP contribution >= 0.6 is 0 Å². The van der Waals surface area contributed by atoms with Gasteiger partial charge >= 0.3 is 5.97 Å². The van der Waals surface area contributed by atoms with Gasteiger partial charge in [-0.1, -0.05) is 143 Å². The summed E-state index contributed by atoms with van der Waals surface area (Å²) in [6, 6.07) is 35.8. The number of nitrogens with one attached hydrogen (secondary N) is 2. The zero-order chi connectivity index (χ0) is 40.7. The highest BCUT2D eigenvalue weighted by molar-refractivity contribution is 5.93. The van der Waals surface area contributed by atoms with Crippen molar-refractivity contribution in [3.05, 3.63) is 161 Å². The Morgan fingerprint density at radius 3 is 1.86 bits per heavy atom. The Morgan fingerprint density at radius 2 is 1.35 bits per heavy atom. The second kappa shape index (κ2) is 17.4. The van der Waals surface area contributed by atoms with Crippen LogP contribution in [0.2, 0.25) is 0 Å². The lowest BCUT2D eigenvalue weighted by Gasteiger charge is -2.41. The molecule has 5 aromatic rings. The van der Waals surface area contributed by atoms with Crippen LogP contribution in [-0.2, 0) is 37.7 Å². The summed E-state index contributed by atoms with van der Waals surface area (Å²) >= 11 is 0. The number of primary amides is 1. The predicted molar refractivity (Wildman–Crippen MR) is 219 cm³/mol. The number of benzene rings is 4. The number of hydrogen-bond acceptors (Lipinski definition) is 6. The molecule has 4 aromatic carbocycles. The number of carbonyl (C=O) groups excluding carboxylic acids is 3. The largest absolute Gasteiger partial charge is 0.480 e. The van der Waals surface area contributed by atoms with Gasteiger partial charge in [-0.3, -0.25) is 14.4 Å². The second-order valence-electron chi connectivity index (χ2n) is 16.0. The predicted octanol–water partition coefficient (Wildman–Crippen LogP) is 5.62. The summed E-state index contributed by atoms with van der Waals surface area (Å²) in [5.41, 5.74) is 9.91. The lowest BCUT2D eigenvalue weighted by Crippen LogP contribution is -2.61. The smallest absolute Gasteiger partial charge is 0.326 e. The normalized spacial score (nSPS) is 15.9. The molecule has 0 saturated carbocycles. The highest BCUT2D eigenvalue weighted by Gasteiger charge is 2.43. The minimum absolute atomic E-state index is 0.119. The zero-order valence-electron chi connectivity index (χ0n) is 33.0. The van der Waals surface area contributed by atoms with Crippen LogP contribution in [0.1, 0.15) is 80.0 Å². The number of carboxylic acid groups (broad SMARTS) is 1. The molecular formula is C46H52N6O5. The fourth-order valence-corrected chi connectivity index (χ4v) is 7.89. The number of carboxylic acids is 1. The molecule has 3 amide bonds. The fraction of sp³-hybridized carbons (Fsp3) is 0.326. The van der Waals surface area contributed by atoms with Crippen molar-refractivity contribution in [3.63, 3.8) is 0 Å². The van der Waals surface area contributed by atoms with Crippen LogP contribution in [0.3, 0.4) is 0 Å². The van der Waals surface area contributed by atoms with Crippen LogP contribution in [0.5, 0.6) is 0 Å². The molecule has 11 nitrogen and oxygen atoms in total. The molecule has 2 heterocycles. The van der Waals surface area contributed by atoms with Crippen molar-refractivity contribution in [3.8, 4) is 0 Å². The van der Waals surface area contributed by atoms with E-state index in [9.17, 15) is 24.3 Å². The van der Waals surface area contributed by atoms with Gasteiger partial charge in [0.05, 0.1) is 18.1 Å². The quantitative estimate of drug-likeness (QED) is 0.101. The maximum atomic E-state index is 14.7.